The SMILES string of the molecule is CCOC(=O)CN(CCOC)C(=O)c1cc2c(s1)-c1ccccc1CC2. The number of aryl methyl sites for hydroxylation is 2. The smallest absolute Gasteiger partial charge is 0.325 e. The molecule has 1 aliphatic carbocycles. The van der Waals surface area contributed by atoms with Crippen LogP contribution in [0.1, 0.15) is 27.7 Å². The number of ether oxygens (including phenoxy) is 2. The third kappa shape index (κ3) is 3.97. The molecule has 1 aromatic heterocycles. The Morgan fingerprint density at radius 3 is 2.73 bits per heavy atom. The van der Waals surface area contributed by atoms with Crippen LogP contribution in [0.2, 0.25) is 0 Å². The molecule has 0 bridgehead atoms. The highest BCUT2D eigenvalue weighted by atomic mass is 32.1. The summed E-state index contributed by atoms with van der Waals surface area (Å²) in [4.78, 5) is 28.2. The number of methoxy groups -OCH3 is 1. The van der Waals surface area contributed by atoms with Crippen molar-refractivity contribution < 1.29 is 19.1 Å². The van der Waals surface area contributed by atoms with Gasteiger partial charge in [0.2, 0.25) is 0 Å². The number of rotatable bonds is 7. The zero-order valence-corrected chi connectivity index (χ0v) is 15.9. The fourth-order valence-corrected chi connectivity index (χ4v) is 4.39. The highest BCUT2D eigenvalue weighted by Crippen LogP contribution is 2.39. The van der Waals surface area contributed by atoms with Gasteiger partial charge in [0.1, 0.15) is 6.54 Å². The van der Waals surface area contributed by atoms with Crippen molar-refractivity contribution in [3.05, 3.63) is 46.3 Å². The van der Waals surface area contributed by atoms with E-state index in [0.29, 0.717) is 24.6 Å². The van der Waals surface area contributed by atoms with E-state index in [0.717, 1.165) is 17.7 Å². The summed E-state index contributed by atoms with van der Waals surface area (Å²) in [7, 11) is 1.58. The number of hydrogen-bond donors (Lipinski definition) is 0. The van der Waals surface area contributed by atoms with Gasteiger partial charge in [-0.2, -0.15) is 0 Å². The van der Waals surface area contributed by atoms with Crippen LogP contribution in [0.3, 0.4) is 0 Å². The molecule has 0 unspecified atom stereocenters. The van der Waals surface area contributed by atoms with Crippen LogP contribution in [0.4, 0.5) is 0 Å². The minimum atomic E-state index is -0.399. The first-order valence-corrected chi connectivity index (χ1v) is 9.60. The average molecular weight is 373 g/mol. The summed E-state index contributed by atoms with van der Waals surface area (Å²) in [5.41, 5.74) is 3.75. The number of carbonyl (C=O) groups is 2. The van der Waals surface area contributed by atoms with E-state index in [-0.39, 0.29) is 12.5 Å². The van der Waals surface area contributed by atoms with Crippen molar-refractivity contribution in [2.24, 2.45) is 0 Å². The predicted molar refractivity (Wildman–Crippen MR) is 102 cm³/mol. The van der Waals surface area contributed by atoms with Crippen molar-refractivity contribution in [3.8, 4) is 10.4 Å². The van der Waals surface area contributed by atoms with Crippen LogP contribution in [-0.4, -0.2) is 50.2 Å². The van der Waals surface area contributed by atoms with E-state index in [1.807, 2.05) is 12.1 Å². The van der Waals surface area contributed by atoms with E-state index in [2.05, 4.69) is 18.2 Å². The molecule has 1 aliphatic rings. The largest absolute Gasteiger partial charge is 0.465 e. The van der Waals surface area contributed by atoms with Gasteiger partial charge in [-0.15, -0.1) is 11.3 Å². The van der Waals surface area contributed by atoms with E-state index >= 15 is 0 Å². The van der Waals surface area contributed by atoms with Crippen molar-refractivity contribution in [2.75, 3.05) is 33.4 Å². The van der Waals surface area contributed by atoms with Crippen LogP contribution in [-0.2, 0) is 27.1 Å². The molecule has 0 spiro atoms. The number of carbonyl (C=O) groups excluding carboxylic acids is 2. The summed E-state index contributed by atoms with van der Waals surface area (Å²) in [6.07, 6.45) is 1.93. The van der Waals surface area contributed by atoms with Gasteiger partial charge in [-0.1, -0.05) is 24.3 Å². The lowest BCUT2D eigenvalue weighted by Crippen LogP contribution is -2.38. The maximum Gasteiger partial charge on any atom is 0.325 e. The number of benzene rings is 1. The van der Waals surface area contributed by atoms with E-state index in [4.69, 9.17) is 9.47 Å². The molecule has 1 aromatic carbocycles. The molecule has 1 heterocycles. The molecule has 0 N–H and O–H groups in total. The maximum atomic E-state index is 13.0. The van der Waals surface area contributed by atoms with Crippen LogP contribution < -0.4 is 0 Å². The number of fused-ring (bicyclic) bond motifs is 3. The van der Waals surface area contributed by atoms with Gasteiger partial charge in [0, 0.05) is 18.5 Å². The average Bonchev–Trinajstić information content (AvgIpc) is 3.09. The lowest BCUT2D eigenvalue weighted by molar-refractivity contribution is -0.143. The van der Waals surface area contributed by atoms with E-state index in [1.54, 1.807) is 14.0 Å². The molecule has 0 fully saturated rings. The molecular formula is C20H23NO4S. The topological polar surface area (TPSA) is 55.8 Å². The number of nitrogens with zero attached hydrogens (tertiary/aromatic N) is 1. The molecule has 6 heteroatoms. The molecule has 26 heavy (non-hydrogen) atoms. The second-order valence-electron chi connectivity index (χ2n) is 6.15. The van der Waals surface area contributed by atoms with E-state index in [1.165, 1.54) is 32.9 Å². The zero-order chi connectivity index (χ0) is 18.5. The highest BCUT2D eigenvalue weighted by Gasteiger charge is 2.25. The van der Waals surface area contributed by atoms with Gasteiger partial charge >= 0.3 is 5.97 Å². The van der Waals surface area contributed by atoms with Crippen LogP contribution in [0.15, 0.2) is 30.3 Å². The second-order valence-corrected chi connectivity index (χ2v) is 7.20. The predicted octanol–water partition coefficient (Wildman–Crippen LogP) is 3.17. The number of amides is 1. The summed E-state index contributed by atoms with van der Waals surface area (Å²) in [5.74, 6) is -0.546. The molecule has 0 aliphatic heterocycles. The summed E-state index contributed by atoms with van der Waals surface area (Å²) in [6, 6.07) is 10.3. The summed E-state index contributed by atoms with van der Waals surface area (Å²) < 4.78 is 10.1. The summed E-state index contributed by atoms with van der Waals surface area (Å²) in [5, 5.41) is 0. The van der Waals surface area contributed by atoms with E-state index in [9.17, 15) is 9.59 Å². The molecular weight excluding hydrogens is 350 g/mol. The third-order valence-electron chi connectivity index (χ3n) is 4.42. The lowest BCUT2D eigenvalue weighted by Gasteiger charge is -2.20. The standard InChI is InChI=1S/C20H23NO4S/c1-3-25-18(22)13-21(10-11-24-2)20(23)17-12-15-9-8-14-6-4-5-7-16(14)19(15)26-17/h4-7,12H,3,8-11,13H2,1-2H3. The minimum Gasteiger partial charge on any atom is -0.465 e. The zero-order valence-electron chi connectivity index (χ0n) is 15.1. The first kappa shape index (κ1) is 18.6. The first-order chi connectivity index (χ1) is 12.6. The van der Waals surface area contributed by atoms with Gasteiger partial charge in [0.15, 0.2) is 0 Å². The van der Waals surface area contributed by atoms with Crippen LogP contribution in [0, 0.1) is 0 Å². The number of hydrogen-bond acceptors (Lipinski definition) is 5. The van der Waals surface area contributed by atoms with Crippen LogP contribution >= 0.6 is 11.3 Å². The Morgan fingerprint density at radius 2 is 1.96 bits per heavy atom. The highest BCUT2D eigenvalue weighted by molar-refractivity contribution is 7.17. The Morgan fingerprint density at radius 1 is 1.19 bits per heavy atom. The fourth-order valence-electron chi connectivity index (χ4n) is 3.15. The summed E-state index contributed by atoms with van der Waals surface area (Å²) >= 11 is 1.50. The normalized spacial score (nSPS) is 12.2. The van der Waals surface area contributed by atoms with Crippen molar-refractivity contribution in [3.63, 3.8) is 0 Å². The van der Waals surface area contributed by atoms with E-state index < -0.39 is 5.97 Å². The molecule has 0 saturated heterocycles. The van der Waals surface area contributed by atoms with Gasteiger partial charge in [-0.25, -0.2) is 0 Å². The minimum absolute atomic E-state index is 0.0603. The Bertz CT molecular complexity index is 799. The second kappa shape index (κ2) is 8.47. The van der Waals surface area contributed by atoms with Crippen molar-refractivity contribution in [2.45, 2.75) is 19.8 Å². The molecule has 5 nitrogen and oxygen atoms in total. The lowest BCUT2D eigenvalue weighted by atomic mass is 9.91. The molecule has 3 rings (SSSR count). The van der Waals surface area contributed by atoms with Crippen molar-refractivity contribution >= 4 is 23.2 Å². The molecule has 138 valence electrons. The summed E-state index contributed by atoms with van der Waals surface area (Å²) in [6.45, 7) is 2.72. The van der Waals surface area contributed by atoms with Crippen molar-refractivity contribution in [1.29, 1.82) is 0 Å². The molecule has 2 aromatic rings. The van der Waals surface area contributed by atoms with Gasteiger partial charge in [0.05, 0.1) is 18.1 Å². The van der Waals surface area contributed by atoms with Crippen molar-refractivity contribution in [1.82, 2.24) is 4.90 Å². The van der Waals surface area contributed by atoms with Crippen LogP contribution in [0.25, 0.3) is 10.4 Å². The fraction of sp³-hybridized carbons (Fsp3) is 0.400. The van der Waals surface area contributed by atoms with Gasteiger partial charge in [0.25, 0.3) is 5.91 Å². The maximum absolute atomic E-state index is 13.0. The van der Waals surface area contributed by atoms with Gasteiger partial charge in [-0.3, -0.25) is 9.59 Å². The Hall–Kier alpha value is -2.18. The van der Waals surface area contributed by atoms with Gasteiger partial charge in [-0.05, 0) is 42.5 Å². The molecule has 0 radical (unpaired) electrons. The molecule has 0 saturated carbocycles. The molecule has 0 atom stereocenters. The molecule has 1 amide bonds. The monoisotopic (exact) mass is 373 g/mol. The number of thiophene rings is 1. The first-order valence-electron chi connectivity index (χ1n) is 8.78. The van der Waals surface area contributed by atoms with Gasteiger partial charge < -0.3 is 14.4 Å². The Labute approximate surface area is 157 Å². The quantitative estimate of drug-likeness (QED) is 0.700. The third-order valence-corrected chi connectivity index (χ3v) is 5.62. The Kier molecular flexibility index (Phi) is 6.06. The number of esters is 1. The van der Waals surface area contributed by atoms with Crippen LogP contribution in [0.5, 0.6) is 0 Å². The Balaban J connectivity index is 1.84.